The number of primary amides is 1. The zero-order valence-corrected chi connectivity index (χ0v) is 22.7. The van der Waals surface area contributed by atoms with Crippen molar-refractivity contribution in [3.63, 3.8) is 0 Å². The summed E-state index contributed by atoms with van der Waals surface area (Å²) in [5.41, 5.74) is 9.06. The molecule has 3 aliphatic rings. The number of carbonyl (C=O) groups excluding carboxylic acids is 2. The quantitative estimate of drug-likeness (QED) is 0.305. The molecule has 10 nitrogen and oxygen atoms in total. The molecule has 1 aliphatic heterocycles. The van der Waals surface area contributed by atoms with Crippen LogP contribution in [0.3, 0.4) is 0 Å². The fourth-order valence-corrected chi connectivity index (χ4v) is 6.14. The first-order chi connectivity index (χ1) is 19.4. The van der Waals surface area contributed by atoms with Gasteiger partial charge in [-0.1, -0.05) is 54.1 Å². The summed E-state index contributed by atoms with van der Waals surface area (Å²) in [7, 11) is 1.59. The summed E-state index contributed by atoms with van der Waals surface area (Å²) in [4.78, 5) is 35.9. The second-order valence-corrected chi connectivity index (χ2v) is 10.9. The van der Waals surface area contributed by atoms with E-state index in [0.29, 0.717) is 41.1 Å². The molecule has 2 aromatic carbocycles. The molecule has 0 saturated heterocycles. The van der Waals surface area contributed by atoms with Crippen LogP contribution in [0.4, 0.5) is 23.1 Å². The summed E-state index contributed by atoms with van der Waals surface area (Å²) in [6.45, 7) is 1.50. The first kappa shape index (κ1) is 26.1. The average molecular weight is 560 g/mol. The van der Waals surface area contributed by atoms with Crippen molar-refractivity contribution in [1.29, 1.82) is 0 Å². The van der Waals surface area contributed by atoms with Crippen LogP contribution < -0.4 is 26.4 Å². The van der Waals surface area contributed by atoms with Crippen LogP contribution in [0.5, 0.6) is 5.75 Å². The number of hydrogen-bond acceptors (Lipinski definition) is 8. The minimum atomic E-state index is -0.336. The molecule has 40 heavy (non-hydrogen) atoms. The number of amides is 2. The molecule has 3 aromatic rings. The minimum Gasteiger partial charge on any atom is -0.495 e. The molecule has 206 valence electrons. The molecule has 4 atom stereocenters. The lowest BCUT2D eigenvalue weighted by atomic mass is 9.88. The number of nitrogens with one attached hydrogen (secondary N) is 3. The molecule has 11 heteroatoms. The van der Waals surface area contributed by atoms with Crippen LogP contribution in [0, 0.1) is 17.8 Å². The van der Waals surface area contributed by atoms with Crippen molar-refractivity contribution in [2.45, 2.75) is 25.6 Å². The van der Waals surface area contributed by atoms with Gasteiger partial charge < -0.3 is 26.4 Å². The number of benzene rings is 2. The van der Waals surface area contributed by atoms with Crippen LogP contribution in [0.1, 0.15) is 17.5 Å². The SMILES string of the molecule is COc1cc2c(cc1Nc1ncc(Cl)c(NC3C4C=CC(C4)C3C(N)=O)n1)NC(=O)CN(Cc1ccccc1)C2. The highest BCUT2D eigenvalue weighted by atomic mass is 35.5. The van der Waals surface area contributed by atoms with Gasteiger partial charge in [0.1, 0.15) is 10.8 Å². The first-order valence-corrected chi connectivity index (χ1v) is 13.6. The fraction of sp³-hybridized carbons (Fsp3) is 0.310. The van der Waals surface area contributed by atoms with Gasteiger partial charge in [0, 0.05) is 24.8 Å². The van der Waals surface area contributed by atoms with Gasteiger partial charge in [-0.2, -0.15) is 4.98 Å². The number of nitrogens with zero attached hydrogens (tertiary/aromatic N) is 3. The maximum atomic E-state index is 12.8. The van der Waals surface area contributed by atoms with Crippen LogP contribution in [0.15, 0.2) is 60.8 Å². The Labute approximate surface area is 237 Å². The Morgan fingerprint density at radius 2 is 2.00 bits per heavy atom. The summed E-state index contributed by atoms with van der Waals surface area (Å²) in [6.07, 6.45) is 6.56. The summed E-state index contributed by atoms with van der Waals surface area (Å²) in [5.74, 6) is 0.823. The van der Waals surface area contributed by atoms with E-state index in [1.807, 2.05) is 30.3 Å². The Morgan fingerprint density at radius 1 is 1.20 bits per heavy atom. The third kappa shape index (κ3) is 5.20. The number of fused-ring (bicyclic) bond motifs is 3. The van der Waals surface area contributed by atoms with Crippen molar-refractivity contribution >= 4 is 46.6 Å². The molecule has 1 saturated carbocycles. The number of allylic oxidation sites excluding steroid dienone is 1. The van der Waals surface area contributed by atoms with Gasteiger partial charge in [-0.25, -0.2) is 4.98 Å². The van der Waals surface area contributed by atoms with E-state index in [1.165, 1.54) is 6.20 Å². The van der Waals surface area contributed by atoms with Gasteiger partial charge in [-0.15, -0.1) is 0 Å². The largest absolute Gasteiger partial charge is 0.495 e. The Kier molecular flexibility index (Phi) is 7.03. The molecule has 5 N–H and O–H groups in total. The van der Waals surface area contributed by atoms with Gasteiger partial charge >= 0.3 is 0 Å². The predicted octanol–water partition coefficient (Wildman–Crippen LogP) is 3.92. The minimum absolute atomic E-state index is 0.0936. The number of carbonyl (C=O) groups is 2. The molecule has 0 spiro atoms. The van der Waals surface area contributed by atoms with Crippen molar-refractivity contribution < 1.29 is 14.3 Å². The molecule has 2 amide bonds. The van der Waals surface area contributed by atoms with E-state index in [-0.39, 0.29) is 48.1 Å². The summed E-state index contributed by atoms with van der Waals surface area (Å²) < 4.78 is 5.69. The lowest BCUT2D eigenvalue weighted by molar-refractivity contribution is -0.122. The fourth-order valence-electron chi connectivity index (χ4n) is 5.99. The number of halogens is 1. The highest BCUT2D eigenvalue weighted by molar-refractivity contribution is 6.32. The number of aromatic nitrogens is 2. The summed E-state index contributed by atoms with van der Waals surface area (Å²) in [5, 5.41) is 9.90. The maximum Gasteiger partial charge on any atom is 0.238 e. The van der Waals surface area contributed by atoms with E-state index in [0.717, 1.165) is 17.5 Å². The molecule has 1 fully saturated rings. The molecule has 0 radical (unpaired) electrons. The highest BCUT2D eigenvalue weighted by Gasteiger charge is 2.47. The molecule has 1 aromatic heterocycles. The monoisotopic (exact) mass is 559 g/mol. The smallest absolute Gasteiger partial charge is 0.238 e. The highest BCUT2D eigenvalue weighted by Crippen LogP contribution is 2.45. The van der Waals surface area contributed by atoms with Gasteiger partial charge in [0.2, 0.25) is 17.8 Å². The van der Waals surface area contributed by atoms with E-state index in [4.69, 9.17) is 22.1 Å². The summed E-state index contributed by atoms with van der Waals surface area (Å²) in [6, 6.07) is 13.6. The second kappa shape index (κ2) is 10.8. The number of nitrogens with two attached hydrogens (primary N) is 1. The van der Waals surface area contributed by atoms with Crippen molar-refractivity contribution in [2.24, 2.45) is 23.5 Å². The normalized spacial score (nSPS) is 23.3. The first-order valence-electron chi connectivity index (χ1n) is 13.2. The number of hydrogen-bond donors (Lipinski definition) is 4. The van der Waals surface area contributed by atoms with Crippen LogP contribution in [0.2, 0.25) is 5.02 Å². The van der Waals surface area contributed by atoms with Gasteiger partial charge in [-0.3, -0.25) is 14.5 Å². The third-order valence-electron chi connectivity index (χ3n) is 7.79. The molecule has 6 rings (SSSR count). The molecule has 4 unspecified atom stereocenters. The molecular formula is C29H30ClN7O3. The van der Waals surface area contributed by atoms with E-state index in [2.05, 4.69) is 55.1 Å². The zero-order chi connectivity index (χ0) is 27.8. The van der Waals surface area contributed by atoms with E-state index >= 15 is 0 Å². The van der Waals surface area contributed by atoms with Crippen molar-refractivity contribution in [3.05, 3.63) is 77.0 Å². The number of rotatable bonds is 8. The molecular weight excluding hydrogens is 530 g/mol. The van der Waals surface area contributed by atoms with Crippen molar-refractivity contribution in [1.82, 2.24) is 14.9 Å². The third-order valence-corrected chi connectivity index (χ3v) is 8.07. The number of ether oxygens (including phenoxy) is 1. The Morgan fingerprint density at radius 3 is 2.77 bits per heavy atom. The predicted molar refractivity (Wildman–Crippen MR) is 153 cm³/mol. The van der Waals surface area contributed by atoms with Crippen molar-refractivity contribution in [2.75, 3.05) is 29.6 Å². The van der Waals surface area contributed by atoms with Gasteiger partial charge in [0.05, 0.1) is 31.5 Å². The topological polar surface area (TPSA) is 135 Å². The van der Waals surface area contributed by atoms with Gasteiger partial charge in [0.15, 0.2) is 5.82 Å². The Balaban J connectivity index is 1.24. The van der Waals surface area contributed by atoms with Crippen molar-refractivity contribution in [3.8, 4) is 5.75 Å². The summed E-state index contributed by atoms with van der Waals surface area (Å²) >= 11 is 6.44. The second-order valence-electron chi connectivity index (χ2n) is 10.5. The average Bonchev–Trinajstić information content (AvgIpc) is 3.50. The molecule has 2 aliphatic carbocycles. The molecule has 2 bridgehead atoms. The van der Waals surface area contributed by atoms with Crippen LogP contribution in [-0.4, -0.2) is 46.4 Å². The standard InChI is InChI=1S/C29H30ClN7O3/c1-40-23-10-19-14-37(13-16-5-3-2-4-6-16)15-24(38)33-21(19)11-22(23)34-29-32-12-20(30)28(36-29)35-26-18-8-7-17(9-18)25(26)27(31)39/h2-8,10-12,17-18,25-26H,9,13-15H2,1H3,(H2,31,39)(H,33,38)(H2,32,34,35,36). The molecule has 2 heterocycles. The number of methoxy groups -OCH3 is 1. The maximum absolute atomic E-state index is 12.8. The lowest BCUT2D eigenvalue weighted by Crippen LogP contribution is -2.41. The Hall–Kier alpha value is -4.15. The van der Waals surface area contributed by atoms with E-state index in [9.17, 15) is 9.59 Å². The van der Waals surface area contributed by atoms with Gasteiger partial charge in [-0.05, 0) is 41.5 Å². The lowest BCUT2D eigenvalue weighted by Gasteiger charge is -2.27. The Bertz CT molecular complexity index is 1480. The van der Waals surface area contributed by atoms with E-state index in [1.54, 1.807) is 7.11 Å². The van der Waals surface area contributed by atoms with Crippen LogP contribution in [-0.2, 0) is 22.7 Å². The van der Waals surface area contributed by atoms with Crippen LogP contribution >= 0.6 is 11.6 Å². The number of anilines is 4. The van der Waals surface area contributed by atoms with E-state index < -0.39 is 0 Å². The van der Waals surface area contributed by atoms with Gasteiger partial charge in [0.25, 0.3) is 0 Å². The zero-order valence-electron chi connectivity index (χ0n) is 21.9. The van der Waals surface area contributed by atoms with Crippen LogP contribution in [0.25, 0.3) is 0 Å².